The van der Waals surface area contributed by atoms with Gasteiger partial charge in [0.05, 0.1) is 13.2 Å². The highest BCUT2D eigenvalue weighted by molar-refractivity contribution is 6.04. The maximum absolute atomic E-state index is 13.3. The molecule has 0 radical (unpaired) electrons. The van der Waals surface area contributed by atoms with Crippen molar-refractivity contribution in [3.05, 3.63) is 108 Å². The topological polar surface area (TPSA) is 74.4 Å². The first-order valence-corrected chi connectivity index (χ1v) is 9.70. The molecule has 160 valence electrons. The number of aromatic nitrogens is 1. The van der Waals surface area contributed by atoms with Gasteiger partial charge in [-0.3, -0.25) is 0 Å². The molecule has 0 atom stereocenters. The molecule has 0 saturated carbocycles. The Balaban J connectivity index is 1.87. The zero-order valence-corrected chi connectivity index (χ0v) is 16.9. The number of aliphatic hydroxyl groups is 1. The van der Waals surface area contributed by atoms with Gasteiger partial charge in [-0.2, -0.15) is 0 Å². The van der Waals surface area contributed by atoms with Gasteiger partial charge in [-0.1, -0.05) is 30.8 Å². The van der Waals surface area contributed by atoms with Crippen LogP contribution in [0.2, 0.25) is 0 Å². The summed E-state index contributed by atoms with van der Waals surface area (Å²) in [7, 11) is 0. The summed E-state index contributed by atoms with van der Waals surface area (Å²) in [6, 6.07) is 15.9. The lowest BCUT2D eigenvalue weighted by molar-refractivity contribution is 0.239. The summed E-state index contributed by atoms with van der Waals surface area (Å²) in [6.07, 6.45) is 3.34. The SMILES string of the molecule is C=C(/C(=C\N(N)CCO)c1ccnc(NCc2ccc(F)cc2)c1)c1ccc(F)cc1. The average molecular weight is 422 g/mol. The van der Waals surface area contributed by atoms with Gasteiger partial charge in [0, 0.05) is 24.5 Å². The third kappa shape index (κ3) is 6.21. The van der Waals surface area contributed by atoms with Gasteiger partial charge in [0.1, 0.15) is 17.5 Å². The van der Waals surface area contributed by atoms with Crippen LogP contribution in [0.25, 0.3) is 11.1 Å². The molecular formula is C24H24F2N4O. The van der Waals surface area contributed by atoms with Gasteiger partial charge in [-0.05, 0) is 58.7 Å². The first-order valence-electron chi connectivity index (χ1n) is 9.70. The predicted molar refractivity (Wildman–Crippen MR) is 119 cm³/mol. The van der Waals surface area contributed by atoms with Crippen molar-refractivity contribution < 1.29 is 13.9 Å². The summed E-state index contributed by atoms with van der Waals surface area (Å²) in [4.78, 5) is 4.34. The van der Waals surface area contributed by atoms with Gasteiger partial charge in [0.25, 0.3) is 0 Å². The number of nitrogens with one attached hydrogen (secondary N) is 1. The zero-order chi connectivity index (χ0) is 22.2. The maximum atomic E-state index is 13.3. The lowest BCUT2D eigenvalue weighted by atomic mass is 9.94. The number of aliphatic hydroxyl groups excluding tert-OH is 1. The van der Waals surface area contributed by atoms with Crippen molar-refractivity contribution in [3.8, 4) is 0 Å². The van der Waals surface area contributed by atoms with E-state index in [4.69, 9.17) is 5.84 Å². The second-order valence-electron chi connectivity index (χ2n) is 6.90. The van der Waals surface area contributed by atoms with Crippen molar-refractivity contribution in [1.29, 1.82) is 0 Å². The van der Waals surface area contributed by atoms with E-state index in [1.807, 2.05) is 12.1 Å². The summed E-state index contributed by atoms with van der Waals surface area (Å²) in [5, 5.41) is 13.8. The molecule has 0 spiro atoms. The third-order valence-corrected chi connectivity index (χ3v) is 4.63. The van der Waals surface area contributed by atoms with Gasteiger partial charge >= 0.3 is 0 Å². The minimum Gasteiger partial charge on any atom is -0.394 e. The highest BCUT2D eigenvalue weighted by Crippen LogP contribution is 2.31. The summed E-state index contributed by atoms with van der Waals surface area (Å²) < 4.78 is 26.4. The molecule has 31 heavy (non-hydrogen) atoms. The van der Waals surface area contributed by atoms with Crippen LogP contribution in [-0.4, -0.2) is 28.3 Å². The number of pyridine rings is 1. The van der Waals surface area contributed by atoms with Crippen molar-refractivity contribution in [3.63, 3.8) is 0 Å². The zero-order valence-electron chi connectivity index (χ0n) is 16.9. The van der Waals surface area contributed by atoms with E-state index in [1.165, 1.54) is 29.3 Å². The molecule has 0 saturated heterocycles. The predicted octanol–water partition coefficient (Wildman–Crippen LogP) is 4.19. The van der Waals surface area contributed by atoms with Crippen LogP contribution in [0.3, 0.4) is 0 Å². The van der Waals surface area contributed by atoms with Crippen LogP contribution >= 0.6 is 0 Å². The van der Waals surface area contributed by atoms with E-state index in [0.717, 1.165) is 16.7 Å². The number of rotatable bonds is 9. The number of anilines is 1. The van der Waals surface area contributed by atoms with Crippen LogP contribution in [0.1, 0.15) is 16.7 Å². The average Bonchev–Trinajstić information content (AvgIpc) is 2.77. The molecule has 0 aliphatic rings. The molecule has 0 unspecified atom stereocenters. The van der Waals surface area contributed by atoms with Crippen molar-refractivity contribution in [1.82, 2.24) is 9.99 Å². The number of nitrogens with two attached hydrogens (primary N) is 1. The molecular weight excluding hydrogens is 398 g/mol. The normalized spacial score (nSPS) is 11.3. The molecule has 0 amide bonds. The van der Waals surface area contributed by atoms with E-state index >= 15 is 0 Å². The second-order valence-corrected chi connectivity index (χ2v) is 6.90. The monoisotopic (exact) mass is 422 g/mol. The van der Waals surface area contributed by atoms with E-state index in [0.29, 0.717) is 23.5 Å². The summed E-state index contributed by atoms with van der Waals surface area (Å²) in [6.45, 7) is 4.77. The molecule has 1 aromatic heterocycles. The highest BCUT2D eigenvalue weighted by Gasteiger charge is 2.12. The van der Waals surface area contributed by atoms with Crippen LogP contribution in [0.5, 0.6) is 0 Å². The molecule has 3 rings (SSSR count). The van der Waals surface area contributed by atoms with Gasteiger partial charge in [-0.25, -0.2) is 19.6 Å². The standard InChI is InChI=1S/C24H24F2N4O/c1-17(19-4-8-22(26)9-5-19)23(16-30(27)12-13-31)20-10-11-28-24(14-20)29-15-18-2-6-21(25)7-3-18/h2-11,14,16,31H,1,12-13,15,27H2,(H,28,29)/b23-16+. The number of benzene rings is 2. The third-order valence-electron chi connectivity index (χ3n) is 4.63. The molecule has 7 heteroatoms. The lowest BCUT2D eigenvalue weighted by Gasteiger charge is -2.18. The van der Waals surface area contributed by atoms with Crippen molar-refractivity contribution in [2.24, 2.45) is 5.84 Å². The van der Waals surface area contributed by atoms with E-state index in [2.05, 4.69) is 16.9 Å². The first kappa shape index (κ1) is 22.1. The van der Waals surface area contributed by atoms with Gasteiger partial charge < -0.3 is 15.4 Å². The molecule has 2 aromatic carbocycles. The molecule has 0 fully saturated rings. The molecule has 1 heterocycles. The minimum atomic E-state index is -0.334. The van der Waals surface area contributed by atoms with Gasteiger partial charge in [-0.15, -0.1) is 0 Å². The van der Waals surface area contributed by atoms with Crippen LogP contribution in [0.4, 0.5) is 14.6 Å². The van der Waals surface area contributed by atoms with E-state index < -0.39 is 0 Å². The van der Waals surface area contributed by atoms with Gasteiger partial charge in [0.15, 0.2) is 0 Å². The Morgan fingerprint density at radius 1 is 1.03 bits per heavy atom. The van der Waals surface area contributed by atoms with E-state index in [9.17, 15) is 13.9 Å². The minimum absolute atomic E-state index is 0.107. The second kappa shape index (κ2) is 10.5. The van der Waals surface area contributed by atoms with Crippen molar-refractivity contribution >= 4 is 17.0 Å². The molecule has 5 nitrogen and oxygen atoms in total. The van der Waals surface area contributed by atoms with Crippen LogP contribution < -0.4 is 11.2 Å². The Labute approximate surface area is 180 Å². The largest absolute Gasteiger partial charge is 0.394 e. The first-order chi connectivity index (χ1) is 15.0. The summed E-state index contributed by atoms with van der Waals surface area (Å²) in [5.74, 6) is 5.98. The quantitative estimate of drug-likeness (QED) is 0.274. The van der Waals surface area contributed by atoms with Crippen LogP contribution in [0, 0.1) is 11.6 Å². The Bertz CT molecular complexity index is 1050. The van der Waals surface area contributed by atoms with Crippen LogP contribution in [-0.2, 0) is 6.54 Å². The molecule has 0 aliphatic heterocycles. The molecule has 4 N–H and O–H groups in total. The van der Waals surface area contributed by atoms with Crippen LogP contribution in [0.15, 0.2) is 79.6 Å². The molecule has 0 aliphatic carbocycles. The lowest BCUT2D eigenvalue weighted by Crippen LogP contribution is -2.28. The number of hydrogen-bond acceptors (Lipinski definition) is 5. The number of halogens is 2. The fourth-order valence-electron chi connectivity index (χ4n) is 2.97. The number of nitrogens with zero attached hydrogens (tertiary/aromatic N) is 2. The molecule has 0 bridgehead atoms. The molecule has 3 aromatic rings. The van der Waals surface area contributed by atoms with Crippen molar-refractivity contribution in [2.45, 2.75) is 6.54 Å². The number of hydrogen-bond donors (Lipinski definition) is 3. The Morgan fingerprint density at radius 2 is 1.68 bits per heavy atom. The van der Waals surface area contributed by atoms with E-state index in [-0.39, 0.29) is 24.8 Å². The summed E-state index contributed by atoms with van der Waals surface area (Å²) >= 11 is 0. The summed E-state index contributed by atoms with van der Waals surface area (Å²) in [5.41, 5.74) is 3.79. The van der Waals surface area contributed by atoms with Crippen molar-refractivity contribution in [2.75, 3.05) is 18.5 Å². The van der Waals surface area contributed by atoms with Gasteiger partial charge in [0.2, 0.25) is 0 Å². The highest BCUT2D eigenvalue weighted by atomic mass is 19.1. The Hall–Kier alpha value is -3.55. The fraction of sp³-hybridized carbons (Fsp3) is 0.125. The number of hydrazine groups is 1. The smallest absolute Gasteiger partial charge is 0.126 e. The fourth-order valence-corrected chi connectivity index (χ4v) is 2.97. The Morgan fingerprint density at radius 3 is 2.32 bits per heavy atom. The van der Waals surface area contributed by atoms with E-state index in [1.54, 1.807) is 36.7 Å². The number of allylic oxidation sites excluding steroid dienone is 2. The Kier molecular flexibility index (Phi) is 7.48. The maximum Gasteiger partial charge on any atom is 0.126 e.